The van der Waals surface area contributed by atoms with Gasteiger partial charge in [0.15, 0.2) is 0 Å². The number of carbonyl (C=O) groups excluding carboxylic acids is 2. The zero-order valence-electron chi connectivity index (χ0n) is 12.1. The maximum absolute atomic E-state index is 11.9. The quantitative estimate of drug-likeness (QED) is 0.677. The van der Waals surface area contributed by atoms with Crippen LogP contribution in [0.25, 0.3) is 0 Å². The Balaban J connectivity index is 4.15. The van der Waals surface area contributed by atoms with E-state index in [1.165, 1.54) is 0 Å². The first-order valence-corrected chi connectivity index (χ1v) is 6.57. The second kappa shape index (κ2) is 8.08. The van der Waals surface area contributed by atoms with Gasteiger partial charge in [-0.25, -0.2) is 0 Å². The van der Waals surface area contributed by atoms with E-state index in [-0.39, 0.29) is 18.0 Å². The van der Waals surface area contributed by atoms with Crippen molar-refractivity contribution in [1.82, 2.24) is 10.2 Å². The molecule has 0 aliphatic heterocycles. The predicted molar refractivity (Wildman–Crippen MR) is 73.1 cm³/mol. The molecule has 0 unspecified atom stereocenters. The largest absolute Gasteiger partial charge is 0.368 e. The molecule has 0 bridgehead atoms. The summed E-state index contributed by atoms with van der Waals surface area (Å²) < 4.78 is 0. The lowest BCUT2D eigenvalue weighted by Crippen LogP contribution is -2.42. The van der Waals surface area contributed by atoms with Crippen molar-refractivity contribution < 1.29 is 9.59 Å². The van der Waals surface area contributed by atoms with Crippen LogP contribution in [-0.4, -0.2) is 41.9 Å². The summed E-state index contributed by atoms with van der Waals surface area (Å²) in [7, 11) is 0. The fourth-order valence-electron chi connectivity index (χ4n) is 1.53. The average molecular weight is 257 g/mol. The SMILES string of the molecule is CCCCN(CC(N)=O)C(=O)CCNC(C)(C)C. The summed E-state index contributed by atoms with van der Waals surface area (Å²) in [5.74, 6) is -0.470. The van der Waals surface area contributed by atoms with Crippen molar-refractivity contribution in [2.75, 3.05) is 19.6 Å². The van der Waals surface area contributed by atoms with Gasteiger partial charge in [0, 0.05) is 25.0 Å². The predicted octanol–water partition coefficient (Wildman–Crippen LogP) is 0.879. The number of primary amides is 1. The van der Waals surface area contributed by atoms with Crippen LogP contribution in [0.5, 0.6) is 0 Å². The van der Waals surface area contributed by atoms with Gasteiger partial charge < -0.3 is 16.0 Å². The van der Waals surface area contributed by atoms with Crippen LogP contribution in [-0.2, 0) is 9.59 Å². The standard InChI is InChI=1S/C13H27N3O2/c1-5-6-9-16(10-11(14)17)12(18)7-8-15-13(2,3)4/h15H,5-10H2,1-4H3,(H2,14,17). The van der Waals surface area contributed by atoms with Gasteiger partial charge in [0.25, 0.3) is 0 Å². The number of unbranched alkanes of at least 4 members (excludes halogenated alkanes) is 1. The molecule has 0 rings (SSSR count). The Kier molecular flexibility index (Phi) is 7.59. The molecule has 0 aliphatic carbocycles. The summed E-state index contributed by atoms with van der Waals surface area (Å²) in [6.45, 7) is 9.45. The Morgan fingerprint density at radius 2 is 1.89 bits per heavy atom. The first-order valence-electron chi connectivity index (χ1n) is 6.57. The van der Waals surface area contributed by atoms with E-state index in [1.807, 2.05) is 6.92 Å². The van der Waals surface area contributed by atoms with E-state index < -0.39 is 5.91 Å². The number of hydrogen-bond donors (Lipinski definition) is 2. The van der Waals surface area contributed by atoms with Crippen LogP contribution in [0.1, 0.15) is 47.0 Å². The van der Waals surface area contributed by atoms with Gasteiger partial charge in [-0.05, 0) is 27.2 Å². The average Bonchev–Trinajstić information content (AvgIpc) is 2.21. The second-order valence-electron chi connectivity index (χ2n) is 5.56. The highest BCUT2D eigenvalue weighted by Gasteiger charge is 2.16. The molecule has 0 atom stereocenters. The molecule has 0 spiro atoms. The summed E-state index contributed by atoms with van der Waals surface area (Å²) in [5.41, 5.74) is 5.15. The van der Waals surface area contributed by atoms with Gasteiger partial charge in [-0.3, -0.25) is 9.59 Å². The monoisotopic (exact) mass is 257 g/mol. The lowest BCUT2D eigenvalue weighted by Gasteiger charge is -2.23. The van der Waals surface area contributed by atoms with Crippen molar-refractivity contribution in [3.05, 3.63) is 0 Å². The molecule has 0 aromatic carbocycles. The van der Waals surface area contributed by atoms with E-state index >= 15 is 0 Å². The zero-order valence-corrected chi connectivity index (χ0v) is 12.1. The van der Waals surface area contributed by atoms with E-state index in [4.69, 9.17) is 5.73 Å². The highest BCUT2D eigenvalue weighted by atomic mass is 16.2. The Bertz CT molecular complexity index is 272. The van der Waals surface area contributed by atoms with Crippen LogP contribution in [0, 0.1) is 0 Å². The summed E-state index contributed by atoms with van der Waals surface area (Å²) >= 11 is 0. The van der Waals surface area contributed by atoms with E-state index in [0.29, 0.717) is 19.5 Å². The summed E-state index contributed by atoms with van der Waals surface area (Å²) in [6, 6.07) is 0. The van der Waals surface area contributed by atoms with Crippen molar-refractivity contribution in [3.8, 4) is 0 Å². The van der Waals surface area contributed by atoms with Gasteiger partial charge >= 0.3 is 0 Å². The summed E-state index contributed by atoms with van der Waals surface area (Å²) in [6.07, 6.45) is 2.28. The van der Waals surface area contributed by atoms with Crippen LogP contribution in [0.2, 0.25) is 0 Å². The van der Waals surface area contributed by atoms with Crippen LogP contribution in [0.4, 0.5) is 0 Å². The molecule has 0 fully saturated rings. The Morgan fingerprint density at radius 1 is 1.28 bits per heavy atom. The number of rotatable bonds is 8. The van der Waals surface area contributed by atoms with Crippen LogP contribution in [0.15, 0.2) is 0 Å². The normalized spacial score (nSPS) is 11.3. The molecule has 3 N–H and O–H groups in total. The molecule has 5 nitrogen and oxygen atoms in total. The van der Waals surface area contributed by atoms with Crippen LogP contribution < -0.4 is 11.1 Å². The highest BCUT2D eigenvalue weighted by molar-refractivity contribution is 5.83. The smallest absolute Gasteiger partial charge is 0.237 e. The second-order valence-corrected chi connectivity index (χ2v) is 5.56. The fourth-order valence-corrected chi connectivity index (χ4v) is 1.53. The maximum Gasteiger partial charge on any atom is 0.237 e. The van der Waals surface area contributed by atoms with E-state index in [1.54, 1.807) is 4.90 Å². The first-order chi connectivity index (χ1) is 8.26. The Labute approximate surface area is 110 Å². The Morgan fingerprint density at radius 3 is 2.33 bits per heavy atom. The van der Waals surface area contributed by atoms with Crippen molar-refractivity contribution in [1.29, 1.82) is 0 Å². The lowest BCUT2D eigenvalue weighted by atomic mass is 10.1. The summed E-state index contributed by atoms with van der Waals surface area (Å²) in [4.78, 5) is 24.4. The van der Waals surface area contributed by atoms with Crippen molar-refractivity contribution >= 4 is 11.8 Å². The third-order valence-electron chi connectivity index (χ3n) is 2.48. The number of nitrogens with one attached hydrogen (secondary N) is 1. The van der Waals surface area contributed by atoms with Crippen LogP contribution >= 0.6 is 0 Å². The van der Waals surface area contributed by atoms with Gasteiger partial charge in [-0.15, -0.1) is 0 Å². The van der Waals surface area contributed by atoms with Crippen molar-refractivity contribution in [3.63, 3.8) is 0 Å². The number of hydrogen-bond acceptors (Lipinski definition) is 3. The third kappa shape index (κ3) is 8.98. The van der Waals surface area contributed by atoms with Gasteiger partial charge in [-0.1, -0.05) is 13.3 Å². The topological polar surface area (TPSA) is 75.4 Å². The molecule has 18 heavy (non-hydrogen) atoms. The van der Waals surface area contributed by atoms with E-state index in [2.05, 4.69) is 26.1 Å². The van der Waals surface area contributed by atoms with Gasteiger partial charge in [0.05, 0.1) is 6.54 Å². The van der Waals surface area contributed by atoms with Gasteiger partial charge in [-0.2, -0.15) is 0 Å². The molecular formula is C13H27N3O2. The molecule has 0 aromatic heterocycles. The van der Waals surface area contributed by atoms with Gasteiger partial charge in [0.1, 0.15) is 0 Å². The number of carbonyl (C=O) groups is 2. The minimum absolute atomic E-state index is 0.00177. The number of nitrogens with zero attached hydrogens (tertiary/aromatic N) is 1. The molecule has 0 heterocycles. The summed E-state index contributed by atoms with van der Waals surface area (Å²) in [5, 5.41) is 3.25. The van der Waals surface area contributed by atoms with Crippen molar-refractivity contribution in [2.24, 2.45) is 5.73 Å². The lowest BCUT2D eigenvalue weighted by molar-refractivity contribution is -0.135. The first kappa shape index (κ1) is 16.9. The van der Waals surface area contributed by atoms with Gasteiger partial charge in [0.2, 0.25) is 11.8 Å². The van der Waals surface area contributed by atoms with Crippen molar-refractivity contribution in [2.45, 2.75) is 52.5 Å². The van der Waals surface area contributed by atoms with Crippen LogP contribution in [0.3, 0.4) is 0 Å². The van der Waals surface area contributed by atoms with E-state index in [0.717, 1.165) is 12.8 Å². The third-order valence-corrected chi connectivity index (χ3v) is 2.48. The minimum atomic E-state index is -0.455. The highest BCUT2D eigenvalue weighted by Crippen LogP contribution is 2.01. The molecule has 0 saturated heterocycles. The fraction of sp³-hybridized carbons (Fsp3) is 0.846. The molecule has 106 valence electrons. The molecule has 0 saturated carbocycles. The molecule has 0 radical (unpaired) electrons. The minimum Gasteiger partial charge on any atom is -0.368 e. The van der Waals surface area contributed by atoms with E-state index in [9.17, 15) is 9.59 Å². The molecule has 5 heteroatoms. The number of amides is 2. The molecular weight excluding hydrogens is 230 g/mol. The zero-order chi connectivity index (χ0) is 14.2. The molecule has 0 aromatic rings. The Hall–Kier alpha value is -1.10. The maximum atomic E-state index is 11.9. The molecule has 2 amide bonds. The molecule has 0 aliphatic rings. The number of nitrogens with two attached hydrogens (primary N) is 1.